The van der Waals surface area contributed by atoms with Gasteiger partial charge in [-0.25, -0.2) is 0 Å². The van der Waals surface area contributed by atoms with Crippen LogP contribution >= 0.6 is 0 Å². The van der Waals surface area contributed by atoms with Crippen molar-refractivity contribution in [3.05, 3.63) is 53.9 Å². The molecule has 0 unspecified atom stereocenters. The van der Waals surface area contributed by atoms with Crippen LogP contribution in [0.3, 0.4) is 0 Å². The van der Waals surface area contributed by atoms with Crippen molar-refractivity contribution in [1.29, 1.82) is 0 Å². The molecule has 3 aromatic rings. The Bertz CT molecular complexity index is 999. The maximum absolute atomic E-state index is 10.4. The minimum absolute atomic E-state index is 0.144. The van der Waals surface area contributed by atoms with Gasteiger partial charge in [0, 0.05) is 12.1 Å². The number of benzene rings is 2. The van der Waals surface area contributed by atoms with Gasteiger partial charge >= 0.3 is 0 Å². The van der Waals surface area contributed by atoms with Crippen LogP contribution < -0.4 is 19.5 Å². The first-order valence-electron chi connectivity index (χ1n) is 11.1. The summed E-state index contributed by atoms with van der Waals surface area (Å²) in [5.41, 5.74) is 1.73. The molecular formula is C25H33N3O6. The van der Waals surface area contributed by atoms with E-state index in [1.54, 1.807) is 33.5 Å². The average molecular weight is 472 g/mol. The zero-order valence-corrected chi connectivity index (χ0v) is 20.3. The average Bonchev–Trinajstić information content (AvgIpc) is 3.33. The quantitative estimate of drug-likeness (QED) is 0.386. The molecule has 1 aromatic heterocycles. The Balaban J connectivity index is 1.64. The lowest BCUT2D eigenvalue weighted by molar-refractivity contribution is 0.0262. The van der Waals surface area contributed by atoms with Crippen LogP contribution in [0.4, 0.5) is 0 Å². The number of aromatic nitrogens is 2. The van der Waals surface area contributed by atoms with Gasteiger partial charge in [-0.3, -0.25) is 0 Å². The first kappa shape index (κ1) is 25.5. The molecule has 0 aliphatic rings. The monoisotopic (exact) mass is 471 g/mol. The van der Waals surface area contributed by atoms with Crippen molar-refractivity contribution in [3.63, 3.8) is 0 Å². The van der Waals surface area contributed by atoms with E-state index in [0.29, 0.717) is 47.7 Å². The van der Waals surface area contributed by atoms with Gasteiger partial charge in [-0.15, -0.1) is 0 Å². The normalized spacial score (nSPS) is 13.0. The number of hydrogen-bond donors (Lipinski definition) is 2. The number of nitrogens with zero attached hydrogens (tertiary/aromatic N) is 2. The minimum atomic E-state index is -0.678. The second-order valence-corrected chi connectivity index (χ2v) is 8.15. The number of rotatable bonds is 13. The molecule has 0 amide bonds. The van der Waals surface area contributed by atoms with Gasteiger partial charge in [0.25, 0.3) is 0 Å². The van der Waals surface area contributed by atoms with E-state index in [1.807, 2.05) is 44.2 Å². The molecule has 2 aromatic carbocycles. The molecule has 34 heavy (non-hydrogen) atoms. The summed E-state index contributed by atoms with van der Waals surface area (Å²) in [6.45, 7) is 5.07. The van der Waals surface area contributed by atoms with E-state index in [-0.39, 0.29) is 18.6 Å². The predicted octanol–water partition coefficient (Wildman–Crippen LogP) is 3.63. The molecule has 2 N–H and O–H groups in total. The molecule has 2 atom stereocenters. The van der Waals surface area contributed by atoms with Crippen LogP contribution in [-0.4, -0.2) is 55.8 Å². The molecule has 9 heteroatoms. The van der Waals surface area contributed by atoms with E-state index >= 15 is 0 Å². The Labute approximate surface area is 200 Å². The number of aliphatic hydroxyl groups is 1. The smallest absolute Gasteiger partial charge is 0.244 e. The van der Waals surface area contributed by atoms with Gasteiger partial charge in [0.15, 0.2) is 11.5 Å². The molecule has 3 rings (SSSR count). The van der Waals surface area contributed by atoms with Crippen molar-refractivity contribution >= 4 is 0 Å². The standard InChI is InChI=1S/C25H33N3O6/c1-16(2)22(26-13-19(29)15-33-14-17-9-7-6-8-10-17)25-27-24(28-34-25)18-11-20(30-3)23(32-5)21(12-18)31-4/h6-12,16,19,22,26,29H,13-15H2,1-5H3/t19-,22+/m1/s1. The van der Waals surface area contributed by atoms with Crippen molar-refractivity contribution in [2.45, 2.75) is 32.6 Å². The van der Waals surface area contributed by atoms with E-state index in [2.05, 4.69) is 15.5 Å². The number of aliphatic hydroxyl groups excluding tert-OH is 1. The fourth-order valence-corrected chi connectivity index (χ4v) is 3.51. The van der Waals surface area contributed by atoms with Gasteiger partial charge in [0.2, 0.25) is 17.5 Å². The van der Waals surface area contributed by atoms with Crippen molar-refractivity contribution in [1.82, 2.24) is 15.5 Å². The topological polar surface area (TPSA) is 108 Å². The number of ether oxygens (including phenoxy) is 4. The highest BCUT2D eigenvalue weighted by molar-refractivity contribution is 5.66. The second-order valence-electron chi connectivity index (χ2n) is 8.15. The molecule has 0 fully saturated rings. The third-order valence-corrected chi connectivity index (χ3v) is 5.29. The third-order valence-electron chi connectivity index (χ3n) is 5.29. The van der Waals surface area contributed by atoms with E-state index < -0.39 is 6.10 Å². The van der Waals surface area contributed by atoms with E-state index in [0.717, 1.165) is 5.56 Å². The molecule has 0 saturated heterocycles. The zero-order valence-electron chi connectivity index (χ0n) is 20.3. The molecule has 0 bridgehead atoms. The maximum Gasteiger partial charge on any atom is 0.244 e. The molecule has 184 valence electrons. The number of nitrogens with one attached hydrogen (secondary N) is 1. The Kier molecular flexibility index (Phi) is 9.26. The van der Waals surface area contributed by atoms with E-state index in [1.165, 1.54) is 0 Å². The first-order valence-corrected chi connectivity index (χ1v) is 11.1. The van der Waals surface area contributed by atoms with Crippen molar-refractivity contribution in [3.8, 4) is 28.6 Å². The largest absolute Gasteiger partial charge is 0.493 e. The molecule has 0 aliphatic carbocycles. The molecule has 0 spiro atoms. The lowest BCUT2D eigenvalue weighted by Crippen LogP contribution is -2.35. The van der Waals surface area contributed by atoms with Crippen LogP contribution in [0.2, 0.25) is 0 Å². The molecule has 1 heterocycles. The van der Waals surface area contributed by atoms with Crippen LogP contribution in [-0.2, 0) is 11.3 Å². The summed E-state index contributed by atoms with van der Waals surface area (Å²) in [5, 5.41) is 17.8. The van der Waals surface area contributed by atoms with Gasteiger partial charge in [0.05, 0.1) is 46.7 Å². The van der Waals surface area contributed by atoms with Crippen LogP contribution in [0.15, 0.2) is 47.0 Å². The van der Waals surface area contributed by atoms with Crippen molar-refractivity contribution in [2.24, 2.45) is 5.92 Å². The highest BCUT2D eigenvalue weighted by Crippen LogP contribution is 2.40. The van der Waals surface area contributed by atoms with Gasteiger partial charge < -0.3 is 33.9 Å². The van der Waals surface area contributed by atoms with Crippen LogP contribution in [0, 0.1) is 5.92 Å². The van der Waals surface area contributed by atoms with Crippen LogP contribution in [0.1, 0.15) is 31.3 Å². The third kappa shape index (κ3) is 6.47. The van der Waals surface area contributed by atoms with Gasteiger partial charge in [0.1, 0.15) is 0 Å². The van der Waals surface area contributed by atoms with Crippen LogP contribution in [0.25, 0.3) is 11.4 Å². The summed E-state index contributed by atoms with van der Waals surface area (Å²) in [6.07, 6.45) is -0.678. The lowest BCUT2D eigenvalue weighted by Gasteiger charge is -2.20. The predicted molar refractivity (Wildman–Crippen MR) is 127 cm³/mol. The highest BCUT2D eigenvalue weighted by atomic mass is 16.5. The lowest BCUT2D eigenvalue weighted by atomic mass is 10.0. The maximum atomic E-state index is 10.4. The Morgan fingerprint density at radius 2 is 1.68 bits per heavy atom. The first-order chi connectivity index (χ1) is 16.5. The van der Waals surface area contributed by atoms with Gasteiger partial charge in [-0.05, 0) is 23.6 Å². The van der Waals surface area contributed by atoms with Gasteiger partial charge in [-0.2, -0.15) is 4.98 Å². The van der Waals surface area contributed by atoms with Crippen LogP contribution in [0.5, 0.6) is 17.2 Å². The molecule has 0 saturated carbocycles. The Morgan fingerprint density at radius 1 is 1.00 bits per heavy atom. The zero-order chi connectivity index (χ0) is 24.5. The Hall–Kier alpha value is -3.14. The summed E-state index contributed by atoms with van der Waals surface area (Å²) >= 11 is 0. The second kappa shape index (κ2) is 12.4. The fourth-order valence-electron chi connectivity index (χ4n) is 3.51. The van der Waals surface area contributed by atoms with Crippen molar-refractivity contribution < 1.29 is 28.6 Å². The van der Waals surface area contributed by atoms with Gasteiger partial charge in [-0.1, -0.05) is 49.3 Å². The minimum Gasteiger partial charge on any atom is -0.493 e. The van der Waals surface area contributed by atoms with E-state index in [9.17, 15) is 5.11 Å². The molecule has 0 aliphatic heterocycles. The highest BCUT2D eigenvalue weighted by Gasteiger charge is 2.24. The SMILES string of the molecule is COc1cc(-c2noc([C@@H](NC[C@@H](O)COCc3ccccc3)C(C)C)n2)cc(OC)c1OC. The summed E-state index contributed by atoms with van der Waals surface area (Å²) < 4.78 is 27.4. The molecule has 0 radical (unpaired) electrons. The summed E-state index contributed by atoms with van der Waals surface area (Å²) in [5.74, 6) is 2.46. The number of methoxy groups -OCH3 is 3. The molecular weight excluding hydrogens is 438 g/mol. The molecule has 9 nitrogen and oxygen atoms in total. The summed E-state index contributed by atoms with van der Waals surface area (Å²) in [4.78, 5) is 4.58. The van der Waals surface area contributed by atoms with Crippen molar-refractivity contribution in [2.75, 3.05) is 34.5 Å². The van der Waals surface area contributed by atoms with E-state index in [4.69, 9.17) is 23.5 Å². The summed E-state index contributed by atoms with van der Waals surface area (Å²) in [7, 11) is 4.65. The summed E-state index contributed by atoms with van der Waals surface area (Å²) in [6, 6.07) is 13.1. The fraction of sp³-hybridized carbons (Fsp3) is 0.440. The number of hydrogen-bond acceptors (Lipinski definition) is 9. The Morgan fingerprint density at radius 3 is 2.26 bits per heavy atom.